The van der Waals surface area contributed by atoms with Crippen molar-refractivity contribution in [3.63, 3.8) is 0 Å². The van der Waals surface area contributed by atoms with Gasteiger partial charge in [0, 0.05) is 16.4 Å². The zero-order valence-corrected chi connectivity index (χ0v) is 11.8. The third-order valence-corrected chi connectivity index (χ3v) is 4.82. The molecule has 18 heavy (non-hydrogen) atoms. The second kappa shape index (κ2) is 4.68. The molecular weight excluding hydrogens is 289 g/mol. The average Bonchev–Trinajstić information content (AvgIpc) is 2.74. The number of hydrogen-bond acceptors (Lipinski definition) is 4. The van der Waals surface area contributed by atoms with Crippen LogP contribution in [0, 0.1) is 0 Å². The standard InChI is InChI=1S/C12H11Cl2N3S/c13-9-5-4-8(18-9)6-2-1-3-7-10(6)11(14)17-12(15)16-7/h4-6H,1-3H2,(H2,15,16,17). The van der Waals surface area contributed by atoms with Gasteiger partial charge in [-0.2, -0.15) is 0 Å². The summed E-state index contributed by atoms with van der Waals surface area (Å²) in [7, 11) is 0. The summed E-state index contributed by atoms with van der Waals surface area (Å²) in [6.07, 6.45) is 3.05. The zero-order chi connectivity index (χ0) is 12.7. The van der Waals surface area contributed by atoms with Crippen LogP contribution >= 0.6 is 34.5 Å². The number of fused-ring (bicyclic) bond motifs is 1. The molecular formula is C12H11Cl2N3S. The Labute approximate surface area is 119 Å². The number of nitrogen functional groups attached to an aromatic ring is 1. The van der Waals surface area contributed by atoms with Crippen molar-refractivity contribution in [2.45, 2.75) is 25.2 Å². The minimum atomic E-state index is 0.249. The van der Waals surface area contributed by atoms with Crippen LogP contribution in [0.15, 0.2) is 12.1 Å². The number of nitrogens with zero attached hydrogens (tertiary/aromatic N) is 2. The highest BCUT2D eigenvalue weighted by atomic mass is 35.5. The lowest BCUT2D eigenvalue weighted by atomic mass is 9.85. The van der Waals surface area contributed by atoms with Crippen LogP contribution in [0.1, 0.15) is 34.9 Å². The number of aryl methyl sites for hydroxylation is 1. The lowest BCUT2D eigenvalue weighted by Crippen LogP contribution is -2.15. The van der Waals surface area contributed by atoms with Crippen molar-refractivity contribution in [1.82, 2.24) is 9.97 Å². The molecule has 0 spiro atoms. The molecule has 1 aliphatic rings. The van der Waals surface area contributed by atoms with Gasteiger partial charge in [-0.05, 0) is 31.4 Å². The molecule has 0 bridgehead atoms. The fourth-order valence-electron chi connectivity index (χ4n) is 2.46. The lowest BCUT2D eigenvalue weighted by Gasteiger charge is -2.24. The fourth-order valence-corrected chi connectivity index (χ4v) is 3.99. The van der Waals surface area contributed by atoms with E-state index in [0.29, 0.717) is 5.15 Å². The van der Waals surface area contributed by atoms with Crippen molar-refractivity contribution in [2.75, 3.05) is 5.73 Å². The van der Waals surface area contributed by atoms with Gasteiger partial charge in [0.05, 0.1) is 10.0 Å². The number of halogens is 2. The predicted octanol–water partition coefficient (Wildman–Crippen LogP) is 3.90. The molecule has 0 saturated carbocycles. The Kier molecular flexibility index (Phi) is 3.18. The molecule has 0 fully saturated rings. The monoisotopic (exact) mass is 299 g/mol. The second-order valence-electron chi connectivity index (χ2n) is 4.32. The zero-order valence-electron chi connectivity index (χ0n) is 9.49. The highest BCUT2D eigenvalue weighted by Gasteiger charge is 2.27. The largest absolute Gasteiger partial charge is 0.368 e. The maximum atomic E-state index is 6.24. The third-order valence-electron chi connectivity index (χ3n) is 3.19. The molecule has 3 nitrogen and oxygen atoms in total. The summed E-state index contributed by atoms with van der Waals surface area (Å²) < 4.78 is 0.796. The van der Waals surface area contributed by atoms with Crippen LogP contribution in [0.5, 0.6) is 0 Å². The van der Waals surface area contributed by atoms with Gasteiger partial charge in [0.2, 0.25) is 5.95 Å². The second-order valence-corrected chi connectivity index (χ2v) is 6.42. The average molecular weight is 300 g/mol. The number of nitrogens with two attached hydrogens (primary N) is 1. The van der Waals surface area contributed by atoms with E-state index in [0.717, 1.165) is 34.9 Å². The Morgan fingerprint density at radius 1 is 1.28 bits per heavy atom. The molecule has 2 aromatic rings. The van der Waals surface area contributed by atoms with Crippen molar-refractivity contribution in [3.05, 3.63) is 37.8 Å². The highest BCUT2D eigenvalue weighted by Crippen LogP contribution is 2.42. The molecule has 2 N–H and O–H groups in total. The first-order valence-electron chi connectivity index (χ1n) is 5.72. The number of anilines is 1. The summed E-state index contributed by atoms with van der Waals surface area (Å²) >= 11 is 13.8. The number of thiophene rings is 1. The van der Waals surface area contributed by atoms with Crippen LogP contribution in [0.3, 0.4) is 0 Å². The van der Waals surface area contributed by atoms with E-state index in [9.17, 15) is 0 Å². The van der Waals surface area contributed by atoms with E-state index in [2.05, 4.69) is 16.0 Å². The SMILES string of the molecule is Nc1nc(Cl)c2c(n1)CCCC2c1ccc(Cl)s1. The van der Waals surface area contributed by atoms with Gasteiger partial charge in [0.25, 0.3) is 0 Å². The number of rotatable bonds is 1. The van der Waals surface area contributed by atoms with Gasteiger partial charge in [-0.25, -0.2) is 9.97 Å². The summed E-state index contributed by atoms with van der Waals surface area (Å²) in [6.45, 7) is 0. The first kappa shape index (κ1) is 12.2. The van der Waals surface area contributed by atoms with Gasteiger partial charge >= 0.3 is 0 Å². The smallest absolute Gasteiger partial charge is 0.221 e. The molecule has 0 radical (unpaired) electrons. The van der Waals surface area contributed by atoms with Crippen molar-refractivity contribution in [1.29, 1.82) is 0 Å². The Balaban J connectivity index is 2.12. The first-order valence-corrected chi connectivity index (χ1v) is 7.29. The van der Waals surface area contributed by atoms with Gasteiger partial charge in [0.1, 0.15) is 5.15 Å². The van der Waals surface area contributed by atoms with E-state index >= 15 is 0 Å². The summed E-state index contributed by atoms with van der Waals surface area (Å²) in [6, 6.07) is 3.97. The van der Waals surface area contributed by atoms with Crippen molar-refractivity contribution >= 4 is 40.5 Å². The fraction of sp³-hybridized carbons (Fsp3) is 0.333. The number of hydrogen-bond donors (Lipinski definition) is 1. The van der Waals surface area contributed by atoms with Crippen molar-refractivity contribution in [3.8, 4) is 0 Å². The van der Waals surface area contributed by atoms with Crippen LogP contribution in [-0.4, -0.2) is 9.97 Å². The maximum absolute atomic E-state index is 6.24. The highest BCUT2D eigenvalue weighted by molar-refractivity contribution is 7.16. The van der Waals surface area contributed by atoms with Crippen LogP contribution in [0.4, 0.5) is 5.95 Å². The summed E-state index contributed by atoms with van der Waals surface area (Å²) in [5.41, 5.74) is 7.65. The molecule has 0 saturated heterocycles. The Bertz CT molecular complexity index is 597. The van der Waals surface area contributed by atoms with E-state index in [4.69, 9.17) is 28.9 Å². The van der Waals surface area contributed by atoms with Crippen molar-refractivity contribution < 1.29 is 0 Å². The van der Waals surface area contributed by atoms with E-state index in [-0.39, 0.29) is 11.9 Å². The van der Waals surface area contributed by atoms with Crippen LogP contribution < -0.4 is 5.73 Å². The Hall–Kier alpha value is -0.840. The van der Waals surface area contributed by atoms with E-state index in [1.807, 2.05) is 6.07 Å². The summed E-state index contributed by atoms with van der Waals surface area (Å²) in [4.78, 5) is 9.60. The molecule has 0 aromatic carbocycles. The molecule has 6 heteroatoms. The molecule has 3 rings (SSSR count). The van der Waals surface area contributed by atoms with Crippen LogP contribution in [0.2, 0.25) is 9.49 Å². The van der Waals surface area contributed by atoms with Crippen LogP contribution in [0.25, 0.3) is 0 Å². The predicted molar refractivity (Wildman–Crippen MR) is 75.6 cm³/mol. The maximum Gasteiger partial charge on any atom is 0.221 e. The normalized spacial score (nSPS) is 18.7. The molecule has 1 aliphatic carbocycles. The van der Waals surface area contributed by atoms with Crippen molar-refractivity contribution in [2.24, 2.45) is 0 Å². The lowest BCUT2D eigenvalue weighted by molar-refractivity contribution is 0.606. The number of aromatic nitrogens is 2. The van der Waals surface area contributed by atoms with E-state index in [1.54, 1.807) is 11.3 Å². The molecule has 94 valence electrons. The van der Waals surface area contributed by atoms with E-state index < -0.39 is 0 Å². The van der Waals surface area contributed by atoms with Gasteiger partial charge in [-0.15, -0.1) is 11.3 Å². The quantitative estimate of drug-likeness (QED) is 0.813. The van der Waals surface area contributed by atoms with Gasteiger partial charge < -0.3 is 5.73 Å². The van der Waals surface area contributed by atoms with Crippen LogP contribution in [-0.2, 0) is 6.42 Å². The minimum Gasteiger partial charge on any atom is -0.368 e. The topological polar surface area (TPSA) is 51.8 Å². The van der Waals surface area contributed by atoms with Gasteiger partial charge in [-0.3, -0.25) is 0 Å². The first-order chi connectivity index (χ1) is 8.65. The molecule has 0 aliphatic heterocycles. The summed E-state index contributed by atoms with van der Waals surface area (Å²) in [5.74, 6) is 0.503. The summed E-state index contributed by atoms with van der Waals surface area (Å²) in [5, 5.41) is 0.478. The molecule has 1 unspecified atom stereocenters. The molecule has 0 amide bonds. The molecule has 2 aromatic heterocycles. The Morgan fingerprint density at radius 2 is 2.11 bits per heavy atom. The van der Waals surface area contributed by atoms with Gasteiger partial charge in [-0.1, -0.05) is 23.2 Å². The molecule has 1 atom stereocenters. The van der Waals surface area contributed by atoms with Gasteiger partial charge in [0.15, 0.2) is 0 Å². The van der Waals surface area contributed by atoms with E-state index in [1.165, 1.54) is 4.88 Å². The molecule has 2 heterocycles. The third kappa shape index (κ3) is 2.09. The Morgan fingerprint density at radius 3 is 2.83 bits per heavy atom. The minimum absolute atomic E-state index is 0.249.